The van der Waals surface area contributed by atoms with Crippen molar-refractivity contribution in [2.75, 3.05) is 32.1 Å². The molecule has 0 spiro atoms. The van der Waals surface area contributed by atoms with Crippen molar-refractivity contribution >= 4 is 35.6 Å². The zero-order valence-electron chi connectivity index (χ0n) is 17.0. The number of hydrogen-bond donors (Lipinski definition) is 2. The number of hydrogen-bond acceptors (Lipinski definition) is 3. The number of halogens is 2. The monoisotopic (exact) mass is 512 g/mol. The van der Waals surface area contributed by atoms with Gasteiger partial charge in [0.2, 0.25) is 0 Å². The highest BCUT2D eigenvalue weighted by Crippen LogP contribution is 2.24. The van der Waals surface area contributed by atoms with Crippen molar-refractivity contribution in [2.24, 2.45) is 4.99 Å². The van der Waals surface area contributed by atoms with Crippen LogP contribution in [0.4, 0.5) is 10.1 Å². The summed E-state index contributed by atoms with van der Waals surface area (Å²) in [6.07, 6.45) is 1.11. The Bertz CT molecular complexity index is 793. The van der Waals surface area contributed by atoms with Crippen molar-refractivity contribution < 1.29 is 9.50 Å². The van der Waals surface area contributed by atoms with Crippen LogP contribution in [0.2, 0.25) is 0 Å². The quantitative estimate of drug-likeness (QED) is 0.365. The lowest BCUT2D eigenvalue weighted by Gasteiger charge is -2.31. The zero-order valence-corrected chi connectivity index (χ0v) is 19.3. The Balaban J connectivity index is 0.00000300. The van der Waals surface area contributed by atoms with Gasteiger partial charge in [0.15, 0.2) is 5.96 Å². The molecule has 0 atom stereocenters. The molecule has 0 bridgehead atoms. The molecule has 2 N–H and O–H groups in total. The fourth-order valence-corrected chi connectivity index (χ4v) is 3.31. The minimum absolute atomic E-state index is 0. The third-order valence-corrected chi connectivity index (χ3v) is 4.95. The molecule has 2 aromatic rings. The minimum Gasteiger partial charge on any atom is -0.393 e. The second-order valence-corrected chi connectivity index (χ2v) is 7.38. The number of guanidine groups is 1. The maximum absolute atomic E-state index is 14.6. The third-order valence-electron chi connectivity index (χ3n) is 4.95. The summed E-state index contributed by atoms with van der Waals surface area (Å²) in [6.45, 7) is 2.46. The molecule has 0 saturated carbocycles. The number of piperidine rings is 1. The van der Waals surface area contributed by atoms with Gasteiger partial charge < -0.3 is 20.2 Å². The Labute approximate surface area is 189 Å². The van der Waals surface area contributed by atoms with Gasteiger partial charge in [-0.3, -0.25) is 0 Å². The van der Waals surface area contributed by atoms with Crippen LogP contribution in [-0.2, 0) is 13.1 Å². The molecule has 3 rings (SSSR count). The summed E-state index contributed by atoms with van der Waals surface area (Å²) in [5, 5.41) is 13.0. The van der Waals surface area contributed by atoms with Gasteiger partial charge in [0.25, 0.3) is 0 Å². The maximum Gasteiger partial charge on any atom is 0.194 e. The van der Waals surface area contributed by atoms with Gasteiger partial charge in [0.05, 0.1) is 18.3 Å². The summed E-state index contributed by atoms with van der Waals surface area (Å²) < 4.78 is 14.6. The number of nitrogens with one attached hydrogen (secondary N) is 1. The molecule has 158 valence electrons. The predicted molar refractivity (Wildman–Crippen MR) is 127 cm³/mol. The van der Waals surface area contributed by atoms with Crippen LogP contribution in [0, 0.1) is 5.82 Å². The van der Waals surface area contributed by atoms with E-state index in [9.17, 15) is 9.50 Å². The zero-order chi connectivity index (χ0) is 19.9. The number of benzene rings is 2. The summed E-state index contributed by atoms with van der Waals surface area (Å²) in [4.78, 5) is 8.54. The van der Waals surface area contributed by atoms with E-state index in [0.29, 0.717) is 44.7 Å². The molecule has 1 saturated heterocycles. The minimum atomic E-state index is -0.263. The summed E-state index contributed by atoms with van der Waals surface area (Å²) in [5.41, 5.74) is 2.62. The normalized spacial score (nSPS) is 15.0. The molecule has 2 aromatic carbocycles. The second kappa shape index (κ2) is 11.3. The highest BCUT2D eigenvalue weighted by Gasteiger charge is 2.19. The van der Waals surface area contributed by atoms with Crippen molar-refractivity contribution in [3.8, 4) is 0 Å². The molecule has 0 aliphatic carbocycles. The molecule has 0 aromatic heterocycles. The first kappa shape index (κ1) is 23.4. The summed E-state index contributed by atoms with van der Waals surface area (Å²) in [7, 11) is 3.87. The molecule has 1 aliphatic heterocycles. The van der Waals surface area contributed by atoms with Crippen LogP contribution in [-0.4, -0.2) is 49.3 Å². The van der Waals surface area contributed by atoms with Crippen LogP contribution in [0.25, 0.3) is 0 Å². The standard InChI is InChI=1S/C22H29FN4O.HI/c1-26(2)22(24-15-17-6-4-3-5-7-17)25-16-18-8-9-21(20(23)14-18)27-12-10-19(28)11-13-27;/h3-9,14,19,28H,10-13,15-16H2,1-2H3,(H,24,25);1H. The molecular weight excluding hydrogens is 482 g/mol. The van der Waals surface area contributed by atoms with Crippen LogP contribution < -0.4 is 10.2 Å². The van der Waals surface area contributed by atoms with Gasteiger partial charge in [-0.25, -0.2) is 9.38 Å². The average molecular weight is 512 g/mol. The Morgan fingerprint density at radius 1 is 1.14 bits per heavy atom. The number of aliphatic imine (C=N–C) groups is 1. The van der Waals surface area contributed by atoms with E-state index in [1.165, 1.54) is 5.56 Å². The van der Waals surface area contributed by atoms with E-state index in [-0.39, 0.29) is 35.9 Å². The van der Waals surface area contributed by atoms with Crippen molar-refractivity contribution in [2.45, 2.75) is 32.0 Å². The highest BCUT2D eigenvalue weighted by atomic mass is 127. The van der Waals surface area contributed by atoms with Gasteiger partial charge in [-0.1, -0.05) is 36.4 Å². The number of anilines is 1. The molecule has 1 heterocycles. The van der Waals surface area contributed by atoms with E-state index < -0.39 is 0 Å². The fourth-order valence-electron chi connectivity index (χ4n) is 3.31. The lowest BCUT2D eigenvalue weighted by molar-refractivity contribution is 0.145. The molecule has 0 amide bonds. The Morgan fingerprint density at radius 3 is 2.45 bits per heavy atom. The first-order chi connectivity index (χ1) is 13.5. The third kappa shape index (κ3) is 6.85. The molecule has 0 radical (unpaired) electrons. The van der Waals surface area contributed by atoms with Crippen LogP contribution >= 0.6 is 24.0 Å². The van der Waals surface area contributed by atoms with Crippen molar-refractivity contribution in [1.82, 2.24) is 10.2 Å². The predicted octanol–water partition coefficient (Wildman–Crippen LogP) is 3.61. The highest BCUT2D eigenvalue weighted by molar-refractivity contribution is 14.0. The molecule has 1 aliphatic rings. The molecule has 0 unspecified atom stereocenters. The molecule has 29 heavy (non-hydrogen) atoms. The lowest BCUT2D eigenvalue weighted by atomic mass is 10.1. The van der Waals surface area contributed by atoms with Crippen molar-refractivity contribution in [3.05, 3.63) is 65.5 Å². The van der Waals surface area contributed by atoms with E-state index in [0.717, 1.165) is 11.5 Å². The summed E-state index contributed by atoms with van der Waals surface area (Å²) in [6, 6.07) is 15.5. The van der Waals surface area contributed by atoms with Crippen molar-refractivity contribution in [3.63, 3.8) is 0 Å². The largest absolute Gasteiger partial charge is 0.393 e. The van der Waals surface area contributed by atoms with E-state index in [2.05, 4.69) is 22.4 Å². The molecule has 1 fully saturated rings. The Hall–Kier alpha value is -1.87. The SMILES string of the molecule is CN(C)C(=NCc1ccc(N2CCC(O)CC2)c(F)c1)NCc1ccccc1.I. The topological polar surface area (TPSA) is 51.1 Å². The van der Waals surface area contributed by atoms with Crippen LogP contribution in [0.5, 0.6) is 0 Å². The molecule has 5 nitrogen and oxygen atoms in total. The van der Waals surface area contributed by atoms with Crippen LogP contribution in [0.3, 0.4) is 0 Å². The fraction of sp³-hybridized carbons (Fsp3) is 0.409. The smallest absolute Gasteiger partial charge is 0.194 e. The van der Waals surface area contributed by atoms with E-state index in [1.807, 2.05) is 54.2 Å². The van der Waals surface area contributed by atoms with Gasteiger partial charge in [-0.05, 0) is 36.1 Å². The average Bonchev–Trinajstić information content (AvgIpc) is 2.69. The van der Waals surface area contributed by atoms with E-state index in [1.54, 1.807) is 6.07 Å². The first-order valence-corrected chi connectivity index (χ1v) is 9.74. The maximum atomic E-state index is 14.6. The summed E-state index contributed by atoms with van der Waals surface area (Å²) in [5.74, 6) is 0.533. The number of rotatable bonds is 5. The Kier molecular flexibility index (Phi) is 9.16. The molecule has 7 heteroatoms. The summed E-state index contributed by atoms with van der Waals surface area (Å²) >= 11 is 0. The second-order valence-electron chi connectivity index (χ2n) is 7.38. The number of nitrogens with zero attached hydrogens (tertiary/aromatic N) is 3. The lowest BCUT2D eigenvalue weighted by Crippen LogP contribution is -2.36. The van der Waals surface area contributed by atoms with Crippen molar-refractivity contribution in [1.29, 1.82) is 0 Å². The van der Waals surface area contributed by atoms with Crippen LogP contribution in [0.15, 0.2) is 53.5 Å². The van der Waals surface area contributed by atoms with Gasteiger partial charge in [0.1, 0.15) is 5.82 Å². The number of aliphatic hydroxyl groups excluding tert-OH is 1. The van der Waals surface area contributed by atoms with E-state index in [4.69, 9.17) is 0 Å². The van der Waals surface area contributed by atoms with Gasteiger partial charge >= 0.3 is 0 Å². The van der Waals surface area contributed by atoms with Crippen LogP contribution in [0.1, 0.15) is 24.0 Å². The van der Waals surface area contributed by atoms with Gasteiger partial charge in [0, 0.05) is 33.7 Å². The number of aliphatic hydroxyl groups is 1. The van der Waals surface area contributed by atoms with Gasteiger partial charge in [-0.2, -0.15) is 0 Å². The van der Waals surface area contributed by atoms with E-state index >= 15 is 0 Å². The van der Waals surface area contributed by atoms with Gasteiger partial charge in [-0.15, -0.1) is 24.0 Å². The first-order valence-electron chi connectivity index (χ1n) is 9.74. The molecular formula is C22H30FIN4O. The Morgan fingerprint density at radius 2 is 1.83 bits per heavy atom.